The summed E-state index contributed by atoms with van der Waals surface area (Å²) in [5.41, 5.74) is 0.214. The average Bonchev–Trinajstić information content (AvgIpc) is 3.29. The number of ether oxygens (including phenoxy) is 7. The minimum Gasteiger partial charge on any atom is -0.479 e. The molecule has 0 aromatic carbocycles. The Balaban J connectivity index is 0.00000124. The fraction of sp³-hybridized carbons (Fsp3) is 0.719. The first kappa shape index (κ1) is 69.1. The molecule has 4 aliphatic heterocycles. The Morgan fingerprint density at radius 3 is 1.55 bits per heavy atom. The maximum Gasteiger partial charge on any atom is 0.397 e. The van der Waals surface area contributed by atoms with Crippen molar-refractivity contribution in [2.75, 3.05) is 13.2 Å². The predicted octanol–water partition coefficient (Wildman–Crippen LogP) is -8.60. The van der Waals surface area contributed by atoms with Gasteiger partial charge in [-0.1, -0.05) is 11.6 Å². The van der Waals surface area contributed by atoms with Crippen LogP contribution in [0.4, 0.5) is 0 Å². The number of carbonyl (C=O) groups is 4. The van der Waals surface area contributed by atoms with Gasteiger partial charge in [0, 0.05) is 13.1 Å². The van der Waals surface area contributed by atoms with Gasteiger partial charge in [-0.05, 0) is 23.7 Å². The quantitative estimate of drug-likeness (QED) is 0.0379. The van der Waals surface area contributed by atoms with Crippen molar-refractivity contribution in [3.05, 3.63) is 29.0 Å². The first-order valence-electron chi connectivity index (χ1n) is 21.0. The summed E-state index contributed by atoms with van der Waals surface area (Å²) in [6.07, 6.45) is -47.7. The molecule has 0 saturated carbocycles. The lowest BCUT2D eigenvalue weighted by atomic mass is 9.94. The van der Waals surface area contributed by atoms with Crippen molar-refractivity contribution in [1.29, 1.82) is 0 Å². The van der Waals surface area contributed by atoms with E-state index in [9.17, 15) is 120 Å². The molecule has 1 aromatic rings. The van der Waals surface area contributed by atoms with E-state index in [-0.39, 0.29) is 5.69 Å². The molecule has 4 saturated heterocycles. The summed E-state index contributed by atoms with van der Waals surface area (Å²) in [4.78, 5) is 50.5. The van der Waals surface area contributed by atoms with Gasteiger partial charge < -0.3 is 79.3 Å². The Kier molecular flexibility index (Phi) is 23.8. The number of pyridine rings is 1. The Morgan fingerprint density at radius 1 is 0.600 bits per heavy atom. The number of nitrogens with one attached hydrogen (secondary N) is 2. The Labute approximate surface area is 458 Å². The number of aliphatic hydroxyl groups is 6. The summed E-state index contributed by atoms with van der Waals surface area (Å²) in [6.45, 7) is -2.24. The molecule has 0 radical (unpaired) electrons. The monoisotopic (exact) mass is 1310 g/mol. The molecule has 0 spiro atoms. The summed E-state index contributed by atoms with van der Waals surface area (Å²) < 4.78 is 222. The molecule has 1 aromatic heterocycles. The van der Waals surface area contributed by atoms with Gasteiger partial charge >= 0.3 is 63.8 Å². The zero-order valence-corrected chi connectivity index (χ0v) is 44.6. The highest BCUT2D eigenvalue weighted by molar-refractivity contribution is 7.83. The van der Waals surface area contributed by atoms with E-state index in [1.54, 1.807) is 6.07 Å². The Bertz CT molecular complexity index is 2930. The number of aliphatic carboxylic acids is 2. The minimum absolute atomic E-state index is 0.214. The second kappa shape index (κ2) is 27.6. The van der Waals surface area contributed by atoms with Crippen molar-refractivity contribution in [2.45, 2.75) is 130 Å². The van der Waals surface area contributed by atoms with Crippen LogP contribution in [0.3, 0.4) is 0 Å². The second-order valence-electron chi connectivity index (χ2n) is 16.2. The van der Waals surface area contributed by atoms with E-state index in [4.69, 9.17) is 60.9 Å². The molecule has 80 heavy (non-hydrogen) atoms. The third kappa shape index (κ3) is 19.9. The van der Waals surface area contributed by atoms with Crippen LogP contribution in [0.25, 0.3) is 0 Å². The van der Waals surface area contributed by atoms with E-state index in [1.165, 1.54) is 17.0 Å². The largest absolute Gasteiger partial charge is 0.479 e. The Hall–Kier alpha value is -3.36. The summed E-state index contributed by atoms with van der Waals surface area (Å²) in [5, 5.41) is 85.9. The van der Waals surface area contributed by atoms with E-state index >= 15 is 0 Å². The van der Waals surface area contributed by atoms with Crippen molar-refractivity contribution in [3.63, 3.8) is 0 Å². The minimum atomic E-state index is -6.09. The maximum atomic E-state index is 12.7. The molecule has 5 rings (SSSR count). The van der Waals surface area contributed by atoms with Crippen LogP contribution in [-0.2, 0) is 116 Å². The molecule has 4 fully saturated rings. The third-order valence-electron chi connectivity index (χ3n) is 10.6. The fourth-order valence-corrected chi connectivity index (χ4v) is 10.1. The summed E-state index contributed by atoms with van der Waals surface area (Å²) in [6, 6.07) is -1.93. The normalized spacial score (nSPS) is 35.5. The SMILES string of the molecule is CC(=O)N[C@@H]1[C@@H](O)[C@H](O[C@@H]2O[C@H](C(=O)O)[C@@H](O[C@@H]3O[C@H](CO)[C@@H](O[C@H]4O[C@@H](C(=O)O)[C@H](O)[C@@H](O)[C@@H]4OS(=O)(=O)O)[C@H](OS(=O)(=O)O)[C@H]3NS(=O)(=O)O)[C@H](O)[C@H]2OS(=O)(=O)O)[C@H](COS(=O)(=O)O)O[C@H]1O.O=C(Cl)c1ccc(Cl)cn1. The van der Waals surface area contributed by atoms with Crippen LogP contribution in [-0.4, -0.2) is 270 Å². The zero-order valence-electron chi connectivity index (χ0n) is 39.0. The number of halogens is 2. The smallest absolute Gasteiger partial charge is 0.397 e. The molecular weight excluding hydrogens is 1270 g/mol. The Morgan fingerprint density at radius 2 is 1.10 bits per heavy atom. The lowest BCUT2D eigenvalue weighted by Gasteiger charge is -2.50. The number of hydrogen-bond acceptors (Lipinski definition) is 32. The molecule has 0 aliphatic carbocycles. The standard InChI is InChI=1S/C26H42N2O37S5.C6H3Cl2NO/c1-4(30)27-7-9(31)13(6(56-23(7)39)3-55-67(43,44)45)58-26-19(65-70(52,53)54)12(34)16(20(62-26)22(37)38)60-24-8(28-66(40,41)42)15(63-68(46,47)48)14(5(2-29)57-24)59-25-18(64-69(49,50)51)11(33)10(32)17(61-25)21(35)36;7-4-1-2-5(6(8)10)9-3-4/h5-20,23-26,28-29,31-34,39H,2-3H2,1H3,(H,27,30)(H,35,36)(H,37,38)(H,40,41,42)(H,43,44,45)(H,46,47,48)(H,49,50,51)(H,52,53,54);1-3H/t5-,6+,7-,8-,9-,10-,11-,12+,13-,14-,15-,16+,17-,18+,19-,20+,23-,24+,25+,26-;/m1./s1. The molecule has 1 amide bonds. The van der Waals surface area contributed by atoms with E-state index in [2.05, 4.69) is 21.7 Å². The number of rotatable bonds is 22. The number of aromatic nitrogens is 1. The van der Waals surface area contributed by atoms with Gasteiger partial charge in [0.05, 0.1) is 18.2 Å². The highest BCUT2D eigenvalue weighted by Gasteiger charge is 2.60. The van der Waals surface area contributed by atoms with Crippen molar-refractivity contribution in [3.8, 4) is 0 Å². The number of hydrogen-bond donors (Lipinski definition) is 15. The second-order valence-corrected chi connectivity index (χ2v) is 22.4. The average molecular weight is 1310 g/mol. The first-order chi connectivity index (χ1) is 36.5. The van der Waals surface area contributed by atoms with Crippen LogP contribution in [0.5, 0.6) is 0 Å². The first-order valence-corrected chi connectivity index (χ1v) is 28.6. The van der Waals surface area contributed by atoms with Crippen molar-refractivity contribution >= 4 is 98.2 Å². The summed E-state index contributed by atoms with van der Waals surface area (Å²) in [5.74, 6) is -5.49. The van der Waals surface area contributed by atoms with Gasteiger partial charge in [-0.3, -0.25) is 37.3 Å². The number of nitrogens with zero attached hydrogens (tertiary/aromatic N) is 1. The topological polar surface area (TPSA) is 640 Å². The molecule has 15 N–H and O–H groups in total. The number of carboxylic acid groups (broad SMARTS) is 2. The summed E-state index contributed by atoms with van der Waals surface area (Å²) in [7, 11) is -29.1. The van der Waals surface area contributed by atoms with Crippen LogP contribution < -0.4 is 10.0 Å². The van der Waals surface area contributed by atoms with Gasteiger partial charge in [-0.15, -0.1) is 0 Å². The van der Waals surface area contributed by atoms with Crippen LogP contribution in [0.1, 0.15) is 17.4 Å². The third-order valence-corrected chi connectivity index (χ3v) is 13.4. The molecule has 48 heteroatoms. The highest BCUT2D eigenvalue weighted by atomic mass is 35.5. The molecule has 41 nitrogen and oxygen atoms in total. The van der Waals surface area contributed by atoms with Crippen LogP contribution in [0.15, 0.2) is 18.3 Å². The number of carboxylic acids is 2. The van der Waals surface area contributed by atoms with E-state index in [1.807, 2.05) is 5.32 Å². The van der Waals surface area contributed by atoms with Gasteiger partial charge in [0.1, 0.15) is 78.8 Å². The lowest BCUT2D eigenvalue weighted by Crippen LogP contribution is -2.71. The molecule has 20 atom stereocenters. The number of amides is 1. The van der Waals surface area contributed by atoms with Gasteiger partial charge in [0.2, 0.25) is 5.91 Å². The fourth-order valence-electron chi connectivity index (χ4n) is 7.54. The molecule has 5 heterocycles. The number of aliphatic hydroxyl groups excluding tert-OH is 6. The van der Waals surface area contributed by atoms with E-state index in [0.717, 1.165) is 6.92 Å². The van der Waals surface area contributed by atoms with Gasteiger partial charge in [-0.2, -0.15) is 46.8 Å². The van der Waals surface area contributed by atoms with Crippen molar-refractivity contribution in [1.82, 2.24) is 15.0 Å². The van der Waals surface area contributed by atoms with Crippen molar-refractivity contribution in [2.24, 2.45) is 0 Å². The molecule has 4 aliphatic rings. The lowest BCUT2D eigenvalue weighted by molar-refractivity contribution is -0.366. The van der Waals surface area contributed by atoms with Gasteiger partial charge in [0.15, 0.2) is 49.6 Å². The van der Waals surface area contributed by atoms with Crippen LogP contribution in [0, 0.1) is 0 Å². The summed E-state index contributed by atoms with van der Waals surface area (Å²) >= 11 is 10.6. The molecule has 0 unspecified atom stereocenters. The number of carbonyl (C=O) groups excluding carboxylic acids is 2. The van der Waals surface area contributed by atoms with Gasteiger partial charge in [-0.25, -0.2) is 26.3 Å². The van der Waals surface area contributed by atoms with E-state index in [0.29, 0.717) is 5.02 Å². The van der Waals surface area contributed by atoms with Crippen LogP contribution >= 0.6 is 23.2 Å². The van der Waals surface area contributed by atoms with Crippen molar-refractivity contribution < 1.29 is 175 Å². The molecule has 460 valence electrons. The predicted molar refractivity (Wildman–Crippen MR) is 240 cm³/mol. The molecule has 0 bridgehead atoms. The van der Waals surface area contributed by atoms with E-state index < -0.39 is 211 Å². The molecular formula is C32H45Cl2N3O38S5. The maximum absolute atomic E-state index is 12.7. The zero-order chi connectivity index (χ0) is 60.9. The van der Waals surface area contributed by atoms with Gasteiger partial charge in [0.25, 0.3) is 5.24 Å². The highest BCUT2D eigenvalue weighted by Crippen LogP contribution is 2.37. The van der Waals surface area contributed by atoms with Crippen LogP contribution in [0.2, 0.25) is 5.02 Å².